The number of nitrogens with zero attached hydrogens (tertiary/aromatic N) is 5. The van der Waals surface area contributed by atoms with Crippen LogP contribution in [-0.4, -0.2) is 62.1 Å². The molecule has 0 N–H and O–H groups in total. The van der Waals surface area contributed by atoms with Crippen LogP contribution in [0.15, 0.2) is 36.9 Å². The highest BCUT2D eigenvalue weighted by molar-refractivity contribution is 5.80. The average molecular weight is 315 g/mol. The largest absolute Gasteiger partial charge is 0.339 e. The summed E-state index contributed by atoms with van der Waals surface area (Å²) in [4.78, 5) is 27.6. The Bertz CT molecular complexity index is 683. The number of aromatic nitrogens is 3. The molecular formula is C16H21N5O2. The second kappa shape index (κ2) is 6.28. The van der Waals surface area contributed by atoms with E-state index in [1.165, 1.54) is 0 Å². The lowest BCUT2D eigenvalue weighted by molar-refractivity contribution is -0.140. The maximum absolute atomic E-state index is 12.6. The summed E-state index contributed by atoms with van der Waals surface area (Å²) < 4.78 is 3.64. The maximum atomic E-state index is 12.6. The first-order valence-corrected chi connectivity index (χ1v) is 7.78. The van der Waals surface area contributed by atoms with Gasteiger partial charge < -0.3 is 14.4 Å². The van der Waals surface area contributed by atoms with Crippen molar-refractivity contribution in [2.24, 2.45) is 0 Å². The number of carbonyl (C=O) groups is 2. The second-order valence-corrected chi connectivity index (χ2v) is 5.78. The third kappa shape index (κ3) is 3.13. The summed E-state index contributed by atoms with van der Waals surface area (Å²) in [5, 5.41) is 4.31. The van der Waals surface area contributed by atoms with Crippen LogP contribution in [0.2, 0.25) is 0 Å². The molecule has 122 valence electrons. The van der Waals surface area contributed by atoms with Gasteiger partial charge in [-0.3, -0.25) is 14.3 Å². The zero-order valence-electron chi connectivity index (χ0n) is 13.4. The number of rotatable bonds is 3. The van der Waals surface area contributed by atoms with Crippen molar-refractivity contribution in [1.29, 1.82) is 0 Å². The molecule has 0 radical (unpaired) electrons. The number of hydrogen-bond donors (Lipinski definition) is 0. The van der Waals surface area contributed by atoms with Crippen LogP contribution in [0, 0.1) is 0 Å². The van der Waals surface area contributed by atoms with Gasteiger partial charge in [-0.1, -0.05) is 0 Å². The topological polar surface area (TPSA) is 63.4 Å². The fourth-order valence-electron chi connectivity index (χ4n) is 2.80. The number of hydrogen-bond acceptors (Lipinski definition) is 3. The third-order valence-corrected chi connectivity index (χ3v) is 4.28. The van der Waals surface area contributed by atoms with Crippen molar-refractivity contribution < 1.29 is 9.59 Å². The highest BCUT2D eigenvalue weighted by atomic mass is 16.2. The Kier molecular flexibility index (Phi) is 4.18. The number of piperazine rings is 1. The number of amides is 2. The summed E-state index contributed by atoms with van der Waals surface area (Å²) in [5.41, 5.74) is 0.927. The molecule has 0 saturated carbocycles. The van der Waals surface area contributed by atoms with Gasteiger partial charge in [-0.05, 0) is 19.1 Å². The van der Waals surface area contributed by atoms with E-state index in [0.29, 0.717) is 26.2 Å². The lowest BCUT2D eigenvalue weighted by Gasteiger charge is -2.35. The van der Waals surface area contributed by atoms with E-state index in [2.05, 4.69) is 5.10 Å². The first kappa shape index (κ1) is 15.3. The van der Waals surface area contributed by atoms with Gasteiger partial charge in [-0.2, -0.15) is 5.10 Å². The molecule has 3 heterocycles. The first-order valence-electron chi connectivity index (χ1n) is 7.78. The number of carbonyl (C=O) groups excluding carboxylic acids is 2. The van der Waals surface area contributed by atoms with Crippen LogP contribution >= 0.6 is 0 Å². The van der Waals surface area contributed by atoms with Gasteiger partial charge in [0.05, 0.1) is 11.9 Å². The molecule has 3 rings (SSSR count). The summed E-state index contributed by atoms with van der Waals surface area (Å²) in [6.07, 6.45) is 7.50. The average Bonchev–Trinajstić information content (AvgIpc) is 3.24. The third-order valence-electron chi connectivity index (χ3n) is 4.28. The SMILES string of the molecule is CC(=O)N1CCN(C(=O)C(C)n2cc(-n3cccc3)cn2)CC1. The van der Waals surface area contributed by atoms with Crippen LogP contribution in [0.25, 0.3) is 5.69 Å². The van der Waals surface area contributed by atoms with Crippen molar-refractivity contribution in [3.63, 3.8) is 0 Å². The minimum absolute atomic E-state index is 0.0374. The highest BCUT2D eigenvalue weighted by Crippen LogP contribution is 2.15. The second-order valence-electron chi connectivity index (χ2n) is 5.78. The Balaban J connectivity index is 1.65. The minimum atomic E-state index is -0.358. The molecule has 2 aromatic rings. The molecular weight excluding hydrogens is 294 g/mol. The van der Waals surface area contributed by atoms with Gasteiger partial charge in [0.1, 0.15) is 6.04 Å². The molecule has 7 nitrogen and oxygen atoms in total. The van der Waals surface area contributed by atoms with Crippen LogP contribution in [0.4, 0.5) is 0 Å². The van der Waals surface area contributed by atoms with E-state index in [-0.39, 0.29) is 17.9 Å². The fourth-order valence-corrected chi connectivity index (χ4v) is 2.80. The van der Waals surface area contributed by atoms with Gasteiger partial charge in [0.2, 0.25) is 11.8 Å². The Morgan fingerprint density at radius 3 is 2.30 bits per heavy atom. The molecule has 0 bridgehead atoms. The zero-order valence-corrected chi connectivity index (χ0v) is 13.4. The van der Waals surface area contributed by atoms with Crippen LogP contribution in [0.1, 0.15) is 19.9 Å². The van der Waals surface area contributed by atoms with Gasteiger partial charge in [0.15, 0.2) is 0 Å². The molecule has 1 saturated heterocycles. The molecule has 2 aromatic heterocycles. The predicted octanol–water partition coefficient (Wildman–Crippen LogP) is 0.925. The van der Waals surface area contributed by atoms with E-state index in [9.17, 15) is 9.59 Å². The maximum Gasteiger partial charge on any atom is 0.247 e. The molecule has 1 aliphatic heterocycles. The van der Waals surface area contributed by atoms with E-state index in [1.54, 1.807) is 27.6 Å². The standard InChI is InChI=1S/C16H21N5O2/c1-13(16(23)20-9-7-18(8-10-20)14(2)22)21-12-15(11-17-21)19-5-3-4-6-19/h3-6,11-13H,7-10H2,1-2H3. The molecule has 1 unspecified atom stereocenters. The van der Waals surface area contributed by atoms with Gasteiger partial charge in [-0.25, -0.2) is 0 Å². The summed E-state index contributed by atoms with van der Waals surface area (Å²) in [6.45, 7) is 5.77. The van der Waals surface area contributed by atoms with Crippen molar-refractivity contribution >= 4 is 11.8 Å². The first-order chi connectivity index (χ1) is 11.1. The molecule has 23 heavy (non-hydrogen) atoms. The zero-order chi connectivity index (χ0) is 16.4. The van der Waals surface area contributed by atoms with Crippen LogP contribution in [0.5, 0.6) is 0 Å². The monoisotopic (exact) mass is 315 g/mol. The Morgan fingerprint density at radius 1 is 1.09 bits per heavy atom. The molecule has 0 spiro atoms. The normalized spacial score (nSPS) is 16.4. The van der Waals surface area contributed by atoms with Gasteiger partial charge in [0.25, 0.3) is 0 Å². The lowest BCUT2D eigenvalue weighted by Crippen LogP contribution is -2.51. The van der Waals surface area contributed by atoms with Crippen molar-refractivity contribution in [1.82, 2.24) is 24.1 Å². The lowest BCUT2D eigenvalue weighted by atomic mass is 10.2. The molecule has 1 aliphatic rings. The summed E-state index contributed by atoms with van der Waals surface area (Å²) in [6, 6.07) is 3.53. The van der Waals surface area contributed by atoms with Crippen LogP contribution in [-0.2, 0) is 9.59 Å². The summed E-state index contributed by atoms with van der Waals surface area (Å²) in [5.74, 6) is 0.101. The summed E-state index contributed by atoms with van der Waals surface area (Å²) >= 11 is 0. The van der Waals surface area contributed by atoms with E-state index >= 15 is 0 Å². The van der Waals surface area contributed by atoms with Crippen molar-refractivity contribution in [3.8, 4) is 5.69 Å². The smallest absolute Gasteiger partial charge is 0.247 e. The molecule has 1 fully saturated rings. The molecule has 0 aliphatic carbocycles. The van der Waals surface area contributed by atoms with Crippen molar-refractivity contribution in [2.75, 3.05) is 26.2 Å². The van der Waals surface area contributed by atoms with Crippen molar-refractivity contribution in [2.45, 2.75) is 19.9 Å². The fraction of sp³-hybridized carbons (Fsp3) is 0.438. The van der Waals surface area contributed by atoms with Gasteiger partial charge in [0, 0.05) is 51.7 Å². The minimum Gasteiger partial charge on any atom is -0.339 e. The van der Waals surface area contributed by atoms with E-state index in [1.807, 2.05) is 42.2 Å². The molecule has 0 aromatic carbocycles. The Hall–Kier alpha value is -2.57. The Labute approximate surface area is 135 Å². The highest BCUT2D eigenvalue weighted by Gasteiger charge is 2.27. The van der Waals surface area contributed by atoms with E-state index in [4.69, 9.17) is 0 Å². The quantitative estimate of drug-likeness (QED) is 0.846. The van der Waals surface area contributed by atoms with Crippen LogP contribution in [0.3, 0.4) is 0 Å². The Morgan fingerprint density at radius 2 is 1.70 bits per heavy atom. The van der Waals surface area contributed by atoms with Crippen LogP contribution < -0.4 is 0 Å². The molecule has 2 amide bonds. The predicted molar refractivity (Wildman–Crippen MR) is 85.1 cm³/mol. The van der Waals surface area contributed by atoms with E-state index in [0.717, 1.165) is 5.69 Å². The molecule has 1 atom stereocenters. The summed E-state index contributed by atoms with van der Waals surface area (Å²) in [7, 11) is 0. The van der Waals surface area contributed by atoms with Gasteiger partial charge in [-0.15, -0.1) is 0 Å². The van der Waals surface area contributed by atoms with E-state index < -0.39 is 0 Å². The molecule has 7 heteroatoms. The van der Waals surface area contributed by atoms with Crippen molar-refractivity contribution in [3.05, 3.63) is 36.9 Å². The van der Waals surface area contributed by atoms with Gasteiger partial charge >= 0.3 is 0 Å².